The van der Waals surface area contributed by atoms with Gasteiger partial charge in [0.25, 0.3) is 0 Å². The van der Waals surface area contributed by atoms with Crippen LogP contribution >= 0.6 is 0 Å². The molecule has 0 aliphatic heterocycles. The second kappa shape index (κ2) is 5.74. The lowest BCUT2D eigenvalue weighted by atomic mass is 10.0. The molecule has 0 radical (unpaired) electrons. The molecule has 2 N–H and O–H groups in total. The minimum Gasteiger partial charge on any atom is -0.478 e. The SMILES string of the molecule is Cc1cccc(C(=O)O)c1NC(C)c1ccc(F)cc1. The molecule has 2 aromatic rings. The van der Waals surface area contributed by atoms with Gasteiger partial charge in [-0.25, -0.2) is 9.18 Å². The van der Waals surface area contributed by atoms with E-state index >= 15 is 0 Å². The van der Waals surface area contributed by atoms with E-state index in [1.165, 1.54) is 12.1 Å². The Morgan fingerprint density at radius 1 is 1.20 bits per heavy atom. The van der Waals surface area contributed by atoms with Crippen LogP contribution < -0.4 is 5.32 Å². The summed E-state index contributed by atoms with van der Waals surface area (Å²) in [6.07, 6.45) is 0. The van der Waals surface area contributed by atoms with Gasteiger partial charge in [0.2, 0.25) is 0 Å². The standard InChI is InChI=1S/C16H16FNO2/c1-10-4-3-5-14(16(19)20)15(10)18-11(2)12-6-8-13(17)9-7-12/h3-9,11,18H,1-2H3,(H,19,20). The molecule has 4 heteroatoms. The number of para-hydroxylation sites is 1. The summed E-state index contributed by atoms with van der Waals surface area (Å²) in [6, 6.07) is 11.2. The van der Waals surface area contributed by atoms with E-state index in [0.29, 0.717) is 5.69 Å². The molecule has 0 amide bonds. The molecule has 2 rings (SSSR count). The highest BCUT2D eigenvalue weighted by atomic mass is 19.1. The highest BCUT2D eigenvalue weighted by molar-refractivity contribution is 5.95. The molecular weight excluding hydrogens is 257 g/mol. The van der Waals surface area contributed by atoms with Crippen molar-refractivity contribution in [3.63, 3.8) is 0 Å². The molecule has 2 aromatic carbocycles. The molecule has 0 saturated carbocycles. The number of aromatic carboxylic acids is 1. The maximum absolute atomic E-state index is 12.9. The van der Waals surface area contributed by atoms with Crippen LogP contribution in [0.1, 0.15) is 34.5 Å². The molecule has 0 aromatic heterocycles. The first-order valence-corrected chi connectivity index (χ1v) is 6.34. The van der Waals surface area contributed by atoms with Crippen LogP contribution in [-0.2, 0) is 0 Å². The minimum atomic E-state index is -0.970. The van der Waals surface area contributed by atoms with Gasteiger partial charge in [-0.2, -0.15) is 0 Å². The van der Waals surface area contributed by atoms with Crippen LogP contribution in [0.4, 0.5) is 10.1 Å². The third-order valence-corrected chi connectivity index (χ3v) is 3.23. The number of halogens is 1. The Morgan fingerprint density at radius 2 is 1.85 bits per heavy atom. The summed E-state index contributed by atoms with van der Waals surface area (Å²) in [5, 5.41) is 12.4. The van der Waals surface area contributed by atoms with Crippen LogP contribution in [-0.4, -0.2) is 11.1 Å². The quantitative estimate of drug-likeness (QED) is 0.885. The molecule has 104 valence electrons. The monoisotopic (exact) mass is 273 g/mol. The van der Waals surface area contributed by atoms with Crippen molar-refractivity contribution < 1.29 is 14.3 Å². The topological polar surface area (TPSA) is 49.3 Å². The fraction of sp³-hybridized carbons (Fsp3) is 0.188. The first-order valence-electron chi connectivity index (χ1n) is 6.34. The zero-order chi connectivity index (χ0) is 14.7. The van der Waals surface area contributed by atoms with Crippen molar-refractivity contribution >= 4 is 11.7 Å². The Morgan fingerprint density at radius 3 is 2.45 bits per heavy atom. The number of nitrogens with one attached hydrogen (secondary N) is 1. The molecule has 1 unspecified atom stereocenters. The van der Waals surface area contributed by atoms with Gasteiger partial charge in [0.05, 0.1) is 11.3 Å². The number of carboxylic acids is 1. The molecule has 0 aliphatic carbocycles. The van der Waals surface area contributed by atoms with Crippen molar-refractivity contribution in [2.24, 2.45) is 0 Å². The fourth-order valence-electron chi connectivity index (χ4n) is 2.09. The minimum absolute atomic E-state index is 0.116. The van der Waals surface area contributed by atoms with Crippen molar-refractivity contribution in [3.8, 4) is 0 Å². The zero-order valence-electron chi connectivity index (χ0n) is 11.4. The summed E-state index contributed by atoms with van der Waals surface area (Å²) in [7, 11) is 0. The summed E-state index contributed by atoms with van der Waals surface area (Å²) in [5.74, 6) is -1.26. The van der Waals surface area contributed by atoms with Gasteiger partial charge < -0.3 is 10.4 Å². The maximum atomic E-state index is 12.9. The molecule has 3 nitrogen and oxygen atoms in total. The summed E-state index contributed by atoms with van der Waals surface area (Å²) in [4.78, 5) is 11.2. The Balaban J connectivity index is 2.30. The van der Waals surface area contributed by atoms with Crippen LogP contribution in [0.3, 0.4) is 0 Å². The molecule has 0 heterocycles. The number of rotatable bonds is 4. The van der Waals surface area contributed by atoms with E-state index < -0.39 is 5.97 Å². The largest absolute Gasteiger partial charge is 0.478 e. The molecule has 0 spiro atoms. The molecule has 0 bridgehead atoms. The van der Waals surface area contributed by atoms with Gasteiger partial charge in [-0.3, -0.25) is 0 Å². The predicted molar refractivity (Wildman–Crippen MR) is 76.6 cm³/mol. The first kappa shape index (κ1) is 14.1. The Hall–Kier alpha value is -2.36. The number of hydrogen-bond donors (Lipinski definition) is 2. The van der Waals surface area contributed by atoms with Gasteiger partial charge >= 0.3 is 5.97 Å². The lowest BCUT2D eigenvalue weighted by Crippen LogP contribution is -2.12. The number of benzene rings is 2. The van der Waals surface area contributed by atoms with Gasteiger partial charge in [0.15, 0.2) is 0 Å². The summed E-state index contributed by atoms with van der Waals surface area (Å²) in [6.45, 7) is 3.76. The second-order valence-corrected chi connectivity index (χ2v) is 4.72. The molecule has 20 heavy (non-hydrogen) atoms. The highest BCUT2D eigenvalue weighted by Gasteiger charge is 2.14. The van der Waals surface area contributed by atoms with E-state index in [4.69, 9.17) is 0 Å². The zero-order valence-corrected chi connectivity index (χ0v) is 11.4. The number of hydrogen-bond acceptors (Lipinski definition) is 2. The van der Waals surface area contributed by atoms with Crippen molar-refractivity contribution in [2.45, 2.75) is 19.9 Å². The van der Waals surface area contributed by atoms with E-state index in [-0.39, 0.29) is 17.4 Å². The Labute approximate surface area is 117 Å². The molecule has 1 atom stereocenters. The van der Waals surface area contributed by atoms with Gasteiger partial charge in [-0.1, -0.05) is 24.3 Å². The van der Waals surface area contributed by atoms with Gasteiger partial charge in [0.1, 0.15) is 5.82 Å². The van der Waals surface area contributed by atoms with Gasteiger partial charge in [-0.15, -0.1) is 0 Å². The number of carboxylic acid groups (broad SMARTS) is 1. The van der Waals surface area contributed by atoms with Crippen molar-refractivity contribution in [1.29, 1.82) is 0 Å². The van der Waals surface area contributed by atoms with Crippen LogP contribution in [0.15, 0.2) is 42.5 Å². The predicted octanol–water partition coefficient (Wildman–Crippen LogP) is 4.01. The average Bonchev–Trinajstić information content (AvgIpc) is 2.41. The van der Waals surface area contributed by atoms with Crippen LogP contribution in [0.25, 0.3) is 0 Å². The smallest absolute Gasteiger partial charge is 0.337 e. The molecule has 0 aliphatic rings. The van der Waals surface area contributed by atoms with Crippen LogP contribution in [0, 0.1) is 12.7 Å². The lowest BCUT2D eigenvalue weighted by Gasteiger charge is -2.19. The van der Waals surface area contributed by atoms with E-state index in [9.17, 15) is 14.3 Å². The Bertz CT molecular complexity index is 623. The number of anilines is 1. The third kappa shape index (κ3) is 2.96. The lowest BCUT2D eigenvalue weighted by molar-refractivity contribution is 0.0698. The highest BCUT2D eigenvalue weighted by Crippen LogP contribution is 2.26. The van der Waals surface area contributed by atoms with Crippen LogP contribution in [0.2, 0.25) is 0 Å². The average molecular weight is 273 g/mol. The van der Waals surface area contributed by atoms with E-state index in [2.05, 4.69) is 5.32 Å². The van der Waals surface area contributed by atoms with Crippen LogP contribution in [0.5, 0.6) is 0 Å². The van der Waals surface area contributed by atoms with Crippen molar-refractivity contribution in [2.75, 3.05) is 5.32 Å². The normalized spacial score (nSPS) is 11.9. The summed E-state index contributed by atoms with van der Waals surface area (Å²) < 4.78 is 12.9. The maximum Gasteiger partial charge on any atom is 0.337 e. The molecule has 0 fully saturated rings. The van der Waals surface area contributed by atoms with Gasteiger partial charge in [0, 0.05) is 6.04 Å². The third-order valence-electron chi connectivity index (χ3n) is 3.23. The Kier molecular flexibility index (Phi) is 4.03. The van der Waals surface area contributed by atoms with Gasteiger partial charge in [-0.05, 0) is 43.2 Å². The summed E-state index contributed by atoms with van der Waals surface area (Å²) in [5.41, 5.74) is 2.58. The first-order chi connectivity index (χ1) is 9.49. The van der Waals surface area contributed by atoms with Crippen molar-refractivity contribution in [1.82, 2.24) is 0 Å². The number of aryl methyl sites for hydroxylation is 1. The van der Waals surface area contributed by atoms with E-state index in [0.717, 1.165) is 11.1 Å². The fourth-order valence-corrected chi connectivity index (χ4v) is 2.09. The van der Waals surface area contributed by atoms with E-state index in [1.54, 1.807) is 24.3 Å². The molecular formula is C16H16FNO2. The van der Waals surface area contributed by atoms with Crippen molar-refractivity contribution in [3.05, 3.63) is 65.0 Å². The van der Waals surface area contributed by atoms with E-state index in [1.807, 2.05) is 19.9 Å². The molecule has 0 saturated heterocycles. The second-order valence-electron chi connectivity index (χ2n) is 4.72. The number of carbonyl (C=O) groups is 1. The summed E-state index contributed by atoms with van der Waals surface area (Å²) >= 11 is 0.